The number of halogens is 1. The van der Waals surface area contributed by atoms with Crippen molar-refractivity contribution < 1.29 is 0 Å². The van der Waals surface area contributed by atoms with Crippen LogP contribution in [0.1, 0.15) is 32.3 Å². The molecule has 0 bridgehead atoms. The van der Waals surface area contributed by atoms with E-state index in [0.717, 1.165) is 48.9 Å². The number of nitrogens with one attached hydrogen (secondary N) is 1. The van der Waals surface area contributed by atoms with E-state index in [2.05, 4.69) is 34.8 Å². The molecule has 0 atom stereocenters. The second kappa shape index (κ2) is 7.46. The van der Waals surface area contributed by atoms with Crippen molar-refractivity contribution in [2.75, 3.05) is 6.54 Å². The fourth-order valence-electron chi connectivity index (χ4n) is 2.30. The topological polar surface area (TPSA) is 29.9 Å². The summed E-state index contributed by atoms with van der Waals surface area (Å²) in [5.74, 6) is 1.02. The van der Waals surface area contributed by atoms with Gasteiger partial charge in [-0.2, -0.15) is 0 Å². The summed E-state index contributed by atoms with van der Waals surface area (Å²) in [5.41, 5.74) is 2.37. The summed E-state index contributed by atoms with van der Waals surface area (Å²) in [7, 11) is 0. The highest BCUT2D eigenvalue weighted by Gasteiger charge is 2.11. The van der Waals surface area contributed by atoms with E-state index in [1.54, 1.807) is 0 Å². The maximum absolute atomic E-state index is 6.14. The Bertz CT molecular complexity index is 548. The Morgan fingerprint density at radius 1 is 1.25 bits per heavy atom. The van der Waals surface area contributed by atoms with Crippen LogP contribution in [0.15, 0.2) is 30.6 Å². The van der Waals surface area contributed by atoms with E-state index in [0.29, 0.717) is 0 Å². The van der Waals surface area contributed by atoms with Crippen LogP contribution >= 0.6 is 11.6 Å². The number of benzene rings is 1. The van der Waals surface area contributed by atoms with Crippen molar-refractivity contribution in [3.63, 3.8) is 0 Å². The number of hydrogen-bond donors (Lipinski definition) is 1. The van der Waals surface area contributed by atoms with Gasteiger partial charge in [0.1, 0.15) is 5.82 Å². The Balaban J connectivity index is 2.31. The van der Waals surface area contributed by atoms with Gasteiger partial charge in [-0.25, -0.2) is 4.98 Å². The van der Waals surface area contributed by atoms with Crippen LogP contribution in [0.4, 0.5) is 0 Å². The SMILES string of the molecule is CCCNCc1cc(Cl)ccc1-c1nccn1CCC. The number of nitrogens with zero attached hydrogens (tertiary/aromatic N) is 2. The third kappa shape index (κ3) is 3.62. The smallest absolute Gasteiger partial charge is 0.140 e. The predicted octanol–water partition coefficient (Wildman–Crippen LogP) is 4.11. The van der Waals surface area contributed by atoms with Crippen molar-refractivity contribution >= 4 is 11.6 Å². The van der Waals surface area contributed by atoms with Gasteiger partial charge in [-0.15, -0.1) is 0 Å². The molecule has 0 unspecified atom stereocenters. The quantitative estimate of drug-likeness (QED) is 0.778. The van der Waals surface area contributed by atoms with Crippen LogP contribution in [-0.2, 0) is 13.1 Å². The van der Waals surface area contributed by atoms with Crippen LogP contribution in [0.25, 0.3) is 11.4 Å². The zero-order valence-corrected chi connectivity index (χ0v) is 13.0. The highest BCUT2D eigenvalue weighted by Crippen LogP contribution is 2.25. The molecule has 0 aliphatic heterocycles. The Hall–Kier alpha value is -1.32. The average Bonchev–Trinajstić information content (AvgIpc) is 2.88. The third-order valence-electron chi connectivity index (χ3n) is 3.23. The van der Waals surface area contributed by atoms with E-state index in [1.165, 1.54) is 5.56 Å². The van der Waals surface area contributed by atoms with Gasteiger partial charge in [0, 0.05) is 36.1 Å². The first-order chi connectivity index (χ1) is 9.76. The second-order valence-electron chi connectivity index (χ2n) is 4.92. The van der Waals surface area contributed by atoms with E-state index in [9.17, 15) is 0 Å². The number of hydrogen-bond acceptors (Lipinski definition) is 2. The second-order valence-corrected chi connectivity index (χ2v) is 5.36. The van der Waals surface area contributed by atoms with Gasteiger partial charge in [0.2, 0.25) is 0 Å². The minimum atomic E-state index is 0.774. The summed E-state index contributed by atoms with van der Waals surface area (Å²) in [6.07, 6.45) is 6.13. The number of aromatic nitrogens is 2. The minimum Gasteiger partial charge on any atom is -0.331 e. The minimum absolute atomic E-state index is 0.774. The molecule has 0 saturated carbocycles. The summed E-state index contributed by atoms with van der Waals surface area (Å²) >= 11 is 6.14. The summed E-state index contributed by atoms with van der Waals surface area (Å²) in [4.78, 5) is 4.52. The molecule has 0 saturated heterocycles. The van der Waals surface area contributed by atoms with Crippen molar-refractivity contribution in [3.8, 4) is 11.4 Å². The molecule has 0 aliphatic carbocycles. The van der Waals surface area contributed by atoms with Crippen molar-refractivity contribution in [1.82, 2.24) is 14.9 Å². The Morgan fingerprint density at radius 3 is 2.85 bits per heavy atom. The van der Waals surface area contributed by atoms with E-state index in [-0.39, 0.29) is 0 Å². The van der Waals surface area contributed by atoms with Gasteiger partial charge in [-0.1, -0.05) is 25.4 Å². The summed E-state index contributed by atoms with van der Waals surface area (Å²) in [6, 6.07) is 6.04. The van der Waals surface area contributed by atoms with Gasteiger partial charge < -0.3 is 9.88 Å². The molecule has 0 fully saturated rings. The van der Waals surface area contributed by atoms with Gasteiger partial charge in [0.15, 0.2) is 0 Å². The molecule has 0 amide bonds. The molecule has 1 N–H and O–H groups in total. The van der Waals surface area contributed by atoms with Gasteiger partial charge in [0.25, 0.3) is 0 Å². The zero-order chi connectivity index (χ0) is 14.4. The molecule has 1 aromatic heterocycles. The molecule has 1 aromatic carbocycles. The van der Waals surface area contributed by atoms with Crippen LogP contribution in [0.2, 0.25) is 5.02 Å². The maximum atomic E-state index is 6.14. The number of rotatable bonds is 7. The molecular weight excluding hydrogens is 270 g/mol. The lowest BCUT2D eigenvalue weighted by Gasteiger charge is -2.12. The summed E-state index contributed by atoms with van der Waals surface area (Å²) in [5, 5.41) is 4.21. The lowest BCUT2D eigenvalue weighted by atomic mass is 10.1. The van der Waals surface area contributed by atoms with Crippen LogP contribution in [-0.4, -0.2) is 16.1 Å². The highest BCUT2D eigenvalue weighted by atomic mass is 35.5. The predicted molar refractivity (Wildman–Crippen MR) is 85.0 cm³/mol. The lowest BCUT2D eigenvalue weighted by Crippen LogP contribution is -2.15. The van der Waals surface area contributed by atoms with Crippen LogP contribution in [0.5, 0.6) is 0 Å². The molecule has 3 nitrogen and oxygen atoms in total. The third-order valence-corrected chi connectivity index (χ3v) is 3.47. The molecule has 0 aliphatic rings. The van der Waals surface area contributed by atoms with Crippen LogP contribution in [0.3, 0.4) is 0 Å². The standard InChI is InChI=1S/C16H22ClN3/c1-3-7-18-12-13-11-14(17)5-6-15(13)16-19-8-10-20(16)9-4-2/h5-6,8,10-11,18H,3-4,7,9,12H2,1-2H3. The van der Waals surface area contributed by atoms with Gasteiger partial charge in [-0.05, 0) is 43.1 Å². The first kappa shape index (κ1) is 15.1. The van der Waals surface area contributed by atoms with E-state index in [4.69, 9.17) is 11.6 Å². The normalized spacial score (nSPS) is 10.9. The van der Waals surface area contributed by atoms with Gasteiger partial charge in [0.05, 0.1) is 0 Å². The average molecular weight is 292 g/mol. The molecule has 20 heavy (non-hydrogen) atoms. The molecule has 0 radical (unpaired) electrons. The van der Waals surface area contributed by atoms with Crippen molar-refractivity contribution in [2.45, 2.75) is 39.8 Å². The van der Waals surface area contributed by atoms with E-state index in [1.807, 2.05) is 24.5 Å². The van der Waals surface area contributed by atoms with Crippen molar-refractivity contribution in [2.24, 2.45) is 0 Å². The van der Waals surface area contributed by atoms with Crippen LogP contribution < -0.4 is 5.32 Å². The van der Waals surface area contributed by atoms with E-state index < -0.39 is 0 Å². The largest absolute Gasteiger partial charge is 0.331 e. The monoisotopic (exact) mass is 291 g/mol. The van der Waals surface area contributed by atoms with Crippen molar-refractivity contribution in [3.05, 3.63) is 41.2 Å². The molecule has 108 valence electrons. The molecule has 1 heterocycles. The molecule has 2 rings (SSSR count). The Morgan fingerprint density at radius 2 is 2.10 bits per heavy atom. The van der Waals surface area contributed by atoms with Crippen molar-refractivity contribution in [1.29, 1.82) is 0 Å². The Labute approximate surface area is 126 Å². The maximum Gasteiger partial charge on any atom is 0.140 e. The summed E-state index contributed by atoms with van der Waals surface area (Å²) in [6.45, 7) is 7.16. The summed E-state index contributed by atoms with van der Waals surface area (Å²) < 4.78 is 2.20. The fraction of sp³-hybridized carbons (Fsp3) is 0.438. The first-order valence-corrected chi connectivity index (χ1v) is 7.64. The molecule has 2 aromatic rings. The van der Waals surface area contributed by atoms with E-state index >= 15 is 0 Å². The van der Waals surface area contributed by atoms with Gasteiger partial charge in [-0.3, -0.25) is 0 Å². The lowest BCUT2D eigenvalue weighted by molar-refractivity contribution is 0.670. The first-order valence-electron chi connectivity index (χ1n) is 7.27. The molecule has 0 spiro atoms. The molecular formula is C16H22ClN3. The number of aryl methyl sites for hydroxylation is 1. The van der Waals surface area contributed by atoms with Crippen LogP contribution in [0, 0.1) is 0 Å². The highest BCUT2D eigenvalue weighted by molar-refractivity contribution is 6.30. The fourth-order valence-corrected chi connectivity index (χ4v) is 2.50. The Kier molecular flexibility index (Phi) is 5.62. The number of imidazole rings is 1. The molecule has 4 heteroatoms. The van der Waals surface area contributed by atoms with Gasteiger partial charge >= 0.3 is 0 Å². The zero-order valence-electron chi connectivity index (χ0n) is 12.2.